The van der Waals surface area contributed by atoms with Crippen molar-refractivity contribution in [1.82, 2.24) is 10.3 Å². The lowest BCUT2D eigenvalue weighted by atomic mass is 10.3. The molecule has 0 saturated heterocycles. The van der Waals surface area contributed by atoms with E-state index in [0.717, 1.165) is 0 Å². The third-order valence-electron chi connectivity index (χ3n) is 3.19. The zero-order valence-corrected chi connectivity index (χ0v) is 13.3. The number of ether oxygens (including phenoxy) is 1. The maximum absolute atomic E-state index is 11.9. The van der Waals surface area contributed by atoms with Gasteiger partial charge in [-0.1, -0.05) is 24.3 Å². The maximum atomic E-state index is 11.9. The molecule has 1 heterocycles. The third kappa shape index (κ3) is 3.93. The maximum Gasteiger partial charge on any atom is 0.325 e. The zero-order chi connectivity index (χ0) is 18.5. The van der Waals surface area contributed by atoms with Crippen molar-refractivity contribution >= 4 is 34.7 Å². The van der Waals surface area contributed by atoms with Crippen LogP contribution in [-0.2, 0) is 4.79 Å². The van der Waals surface area contributed by atoms with Crippen LogP contribution in [0.3, 0.4) is 0 Å². The molecule has 0 aliphatic carbocycles. The minimum absolute atomic E-state index is 0.0105. The fraction of sp³-hybridized carbons (Fsp3) is 0.0625. The van der Waals surface area contributed by atoms with E-state index in [-0.39, 0.29) is 23.4 Å². The number of nitro groups is 1. The molecule has 0 radical (unpaired) electrons. The number of aromatic nitrogens is 1. The number of carbonyl (C=O) groups excluding carboxylic acids is 1. The van der Waals surface area contributed by atoms with Gasteiger partial charge in [0.05, 0.1) is 4.92 Å². The van der Waals surface area contributed by atoms with Gasteiger partial charge in [0, 0.05) is 6.07 Å². The van der Waals surface area contributed by atoms with Gasteiger partial charge in [0.15, 0.2) is 17.9 Å². The highest BCUT2D eigenvalue weighted by atomic mass is 16.6. The topological polar surface area (TPSA) is 146 Å². The van der Waals surface area contributed by atoms with E-state index >= 15 is 0 Å². The average Bonchev–Trinajstić information content (AvgIpc) is 3.02. The molecule has 0 spiro atoms. The summed E-state index contributed by atoms with van der Waals surface area (Å²) in [5, 5.41) is 13.2. The lowest BCUT2D eigenvalue weighted by Crippen LogP contribution is -2.39. The highest BCUT2D eigenvalue weighted by Gasteiger charge is 2.15. The number of rotatable bonds is 5. The van der Waals surface area contributed by atoms with E-state index < -0.39 is 17.4 Å². The molecule has 10 nitrogen and oxygen atoms in total. The van der Waals surface area contributed by atoms with Gasteiger partial charge in [-0.2, -0.15) is 9.98 Å². The molecule has 26 heavy (non-hydrogen) atoms. The Balaban J connectivity index is 1.61. The minimum atomic E-state index is -0.638. The van der Waals surface area contributed by atoms with E-state index in [1.165, 1.54) is 18.2 Å². The van der Waals surface area contributed by atoms with Crippen molar-refractivity contribution < 1.29 is 18.9 Å². The highest BCUT2D eigenvalue weighted by molar-refractivity contribution is 5.97. The van der Waals surface area contributed by atoms with Crippen LogP contribution in [0.5, 0.6) is 5.75 Å². The number of nitro benzene ring substituents is 1. The number of hydrogen-bond donors (Lipinski definition) is 2. The molecule has 0 fully saturated rings. The van der Waals surface area contributed by atoms with Gasteiger partial charge in [-0.25, -0.2) is 0 Å². The molecule has 3 N–H and O–H groups in total. The summed E-state index contributed by atoms with van der Waals surface area (Å²) in [6, 6.07) is 12.8. The number of amides is 1. The normalized spacial score (nSPS) is 11.3. The molecule has 0 saturated carbocycles. The van der Waals surface area contributed by atoms with Crippen LogP contribution in [0.4, 0.5) is 11.7 Å². The first-order valence-corrected chi connectivity index (χ1v) is 7.39. The second-order valence-electron chi connectivity index (χ2n) is 5.02. The van der Waals surface area contributed by atoms with Gasteiger partial charge < -0.3 is 14.9 Å². The standard InChI is InChI=1S/C16H13N5O5/c17-15(20-16-18-10-5-1-3-7-12(10)26-16)19-14(22)9-25-13-8-4-2-6-11(13)21(23)24/h1-8H,9H2,(H3,17,18,19,20,22). The lowest BCUT2D eigenvalue weighted by Gasteiger charge is -2.06. The Bertz CT molecular complexity index is 964. The molecule has 0 atom stereocenters. The molecular formula is C16H13N5O5. The molecule has 0 aliphatic rings. The molecule has 3 rings (SSSR count). The number of fused-ring (bicyclic) bond motifs is 1. The fourth-order valence-electron chi connectivity index (χ4n) is 2.09. The summed E-state index contributed by atoms with van der Waals surface area (Å²) >= 11 is 0. The monoisotopic (exact) mass is 355 g/mol. The summed E-state index contributed by atoms with van der Waals surface area (Å²) in [5.41, 5.74) is 6.52. The van der Waals surface area contributed by atoms with E-state index in [2.05, 4.69) is 15.3 Å². The summed E-state index contributed by atoms with van der Waals surface area (Å²) in [6.07, 6.45) is 0. The Hall–Kier alpha value is -3.95. The first kappa shape index (κ1) is 16.9. The summed E-state index contributed by atoms with van der Waals surface area (Å²) in [7, 11) is 0. The summed E-state index contributed by atoms with van der Waals surface area (Å²) in [5.74, 6) is -0.907. The number of para-hydroxylation sites is 4. The van der Waals surface area contributed by atoms with Gasteiger partial charge in [0.1, 0.15) is 5.52 Å². The van der Waals surface area contributed by atoms with Crippen molar-refractivity contribution in [3.05, 3.63) is 58.6 Å². The largest absolute Gasteiger partial charge is 0.477 e. The Morgan fingerprint density at radius 2 is 2.00 bits per heavy atom. The summed E-state index contributed by atoms with van der Waals surface area (Å²) in [4.78, 5) is 30.1. The molecule has 0 bridgehead atoms. The second-order valence-corrected chi connectivity index (χ2v) is 5.02. The van der Waals surface area contributed by atoms with Gasteiger partial charge in [0.25, 0.3) is 5.91 Å². The van der Waals surface area contributed by atoms with Crippen LogP contribution in [0.2, 0.25) is 0 Å². The molecule has 0 unspecified atom stereocenters. The second kappa shape index (κ2) is 7.30. The Kier molecular flexibility index (Phi) is 4.74. The molecule has 1 amide bonds. The van der Waals surface area contributed by atoms with Crippen molar-refractivity contribution in [3.63, 3.8) is 0 Å². The number of nitrogens with zero attached hydrogens (tertiary/aromatic N) is 3. The van der Waals surface area contributed by atoms with Crippen molar-refractivity contribution in [3.8, 4) is 5.75 Å². The lowest BCUT2D eigenvalue weighted by molar-refractivity contribution is -0.385. The molecule has 1 aromatic heterocycles. The number of aliphatic imine (C=N–C) groups is 1. The number of oxazole rings is 1. The van der Waals surface area contributed by atoms with Crippen molar-refractivity contribution in [2.75, 3.05) is 6.61 Å². The molecule has 3 aromatic rings. The van der Waals surface area contributed by atoms with Crippen molar-refractivity contribution in [1.29, 1.82) is 0 Å². The number of guanidine groups is 1. The van der Waals surface area contributed by atoms with Crippen LogP contribution in [0, 0.1) is 10.1 Å². The third-order valence-corrected chi connectivity index (χ3v) is 3.19. The van der Waals surface area contributed by atoms with E-state index in [1.54, 1.807) is 30.3 Å². The number of nitrogens with two attached hydrogens (primary N) is 1. The number of carbonyl (C=O) groups is 1. The molecule has 10 heteroatoms. The van der Waals surface area contributed by atoms with Crippen LogP contribution in [-0.4, -0.2) is 28.4 Å². The Morgan fingerprint density at radius 1 is 1.27 bits per heavy atom. The van der Waals surface area contributed by atoms with Gasteiger partial charge >= 0.3 is 11.7 Å². The minimum Gasteiger partial charge on any atom is -0.477 e. The predicted octanol–water partition coefficient (Wildman–Crippen LogP) is 1.88. The number of benzene rings is 2. The summed E-state index contributed by atoms with van der Waals surface area (Å²) in [6.45, 7) is -0.478. The van der Waals surface area contributed by atoms with Gasteiger partial charge in [-0.3, -0.25) is 20.2 Å². The van der Waals surface area contributed by atoms with E-state index in [0.29, 0.717) is 11.1 Å². The van der Waals surface area contributed by atoms with E-state index in [4.69, 9.17) is 14.9 Å². The van der Waals surface area contributed by atoms with Crippen LogP contribution in [0.1, 0.15) is 0 Å². The average molecular weight is 355 g/mol. The first-order chi connectivity index (χ1) is 12.5. The van der Waals surface area contributed by atoms with Crippen molar-refractivity contribution in [2.45, 2.75) is 0 Å². The number of hydrogen-bond acceptors (Lipinski definition) is 7. The Morgan fingerprint density at radius 3 is 2.77 bits per heavy atom. The van der Waals surface area contributed by atoms with Gasteiger partial charge in [-0.05, 0) is 18.2 Å². The van der Waals surface area contributed by atoms with Gasteiger partial charge in [-0.15, -0.1) is 0 Å². The molecule has 132 valence electrons. The van der Waals surface area contributed by atoms with Crippen LogP contribution < -0.4 is 15.8 Å². The van der Waals surface area contributed by atoms with E-state index in [9.17, 15) is 14.9 Å². The smallest absolute Gasteiger partial charge is 0.325 e. The predicted molar refractivity (Wildman–Crippen MR) is 92.0 cm³/mol. The summed E-state index contributed by atoms with van der Waals surface area (Å²) < 4.78 is 10.5. The zero-order valence-electron chi connectivity index (χ0n) is 13.3. The molecule has 0 aliphatic heterocycles. The Labute approximate surface area is 146 Å². The fourth-order valence-corrected chi connectivity index (χ4v) is 2.09. The number of nitrogens with one attached hydrogen (secondary N) is 1. The van der Waals surface area contributed by atoms with E-state index in [1.807, 2.05) is 0 Å². The molecular weight excluding hydrogens is 342 g/mol. The van der Waals surface area contributed by atoms with Crippen molar-refractivity contribution in [2.24, 2.45) is 10.7 Å². The SMILES string of the molecule is N/C(=N\c1nc2ccccc2o1)NC(=O)COc1ccccc1[N+](=O)[O-]. The van der Waals surface area contributed by atoms with Gasteiger partial charge in [0.2, 0.25) is 5.96 Å². The molecule has 2 aromatic carbocycles. The van der Waals surface area contributed by atoms with Crippen LogP contribution in [0.15, 0.2) is 57.9 Å². The quantitative estimate of drug-likeness (QED) is 0.307. The first-order valence-electron chi connectivity index (χ1n) is 7.39. The highest BCUT2D eigenvalue weighted by Crippen LogP contribution is 2.25. The van der Waals surface area contributed by atoms with Crippen LogP contribution >= 0.6 is 0 Å². The van der Waals surface area contributed by atoms with Crippen LogP contribution in [0.25, 0.3) is 11.1 Å².